The van der Waals surface area contributed by atoms with Gasteiger partial charge in [-0.3, -0.25) is 10.8 Å². The Kier molecular flexibility index (Phi) is 2.56. The summed E-state index contributed by atoms with van der Waals surface area (Å²) in [6.45, 7) is 4.24. The van der Waals surface area contributed by atoms with Gasteiger partial charge < -0.3 is 5.43 Å². The van der Waals surface area contributed by atoms with E-state index >= 15 is 0 Å². The molecule has 0 atom stereocenters. The number of anilines is 1. The van der Waals surface area contributed by atoms with E-state index in [1.807, 2.05) is 30.3 Å². The highest BCUT2D eigenvalue weighted by Gasteiger charge is 2.06. The highest BCUT2D eigenvalue weighted by molar-refractivity contribution is 5.91. The second-order valence-corrected chi connectivity index (χ2v) is 3.91. The SMILES string of the molecule is CC(C)c1cc(NN)c2ccccc2n1. The number of hydrogen-bond acceptors (Lipinski definition) is 3. The van der Waals surface area contributed by atoms with E-state index in [9.17, 15) is 0 Å². The molecule has 0 aliphatic carbocycles. The van der Waals surface area contributed by atoms with Gasteiger partial charge in [0.2, 0.25) is 0 Å². The molecule has 2 rings (SSSR count). The number of para-hydroxylation sites is 1. The van der Waals surface area contributed by atoms with Gasteiger partial charge in [0, 0.05) is 11.1 Å². The van der Waals surface area contributed by atoms with E-state index in [1.165, 1.54) is 0 Å². The van der Waals surface area contributed by atoms with Gasteiger partial charge in [0.25, 0.3) is 0 Å². The van der Waals surface area contributed by atoms with E-state index in [-0.39, 0.29) is 0 Å². The smallest absolute Gasteiger partial charge is 0.0726 e. The lowest BCUT2D eigenvalue weighted by Crippen LogP contribution is -2.08. The Morgan fingerprint density at radius 2 is 2.00 bits per heavy atom. The number of rotatable bonds is 2. The third-order valence-electron chi connectivity index (χ3n) is 2.48. The number of fused-ring (bicyclic) bond motifs is 1. The Hall–Kier alpha value is -1.61. The number of nitrogen functional groups attached to an aromatic ring is 1. The minimum Gasteiger partial charge on any atom is -0.323 e. The van der Waals surface area contributed by atoms with E-state index < -0.39 is 0 Å². The van der Waals surface area contributed by atoms with Crippen molar-refractivity contribution in [3.8, 4) is 0 Å². The van der Waals surface area contributed by atoms with Gasteiger partial charge in [0.1, 0.15) is 0 Å². The van der Waals surface area contributed by atoms with Crippen LogP contribution in [0.15, 0.2) is 30.3 Å². The number of hydrazine groups is 1. The van der Waals surface area contributed by atoms with Gasteiger partial charge in [-0.05, 0) is 18.1 Å². The summed E-state index contributed by atoms with van der Waals surface area (Å²) in [5.74, 6) is 5.91. The zero-order chi connectivity index (χ0) is 10.8. The molecule has 3 nitrogen and oxygen atoms in total. The molecule has 0 fully saturated rings. The minimum atomic E-state index is 0.404. The summed E-state index contributed by atoms with van der Waals surface area (Å²) >= 11 is 0. The molecule has 2 aromatic rings. The fraction of sp³-hybridized carbons (Fsp3) is 0.250. The van der Waals surface area contributed by atoms with Gasteiger partial charge in [0.05, 0.1) is 11.2 Å². The summed E-state index contributed by atoms with van der Waals surface area (Å²) in [5.41, 5.74) is 5.70. The van der Waals surface area contributed by atoms with Crippen molar-refractivity contribution in [2.75, 3.05) is 5.43 Å². The van der Waals surface area contributed by atoms with Crippen molar-refractivity contribution in [3.63, 3.8) is 0 Å². The van der Waals surface area contributed by atoms with Gasteiger partial charge >= 0.3 is 0 Å². The Morgan fingerprint density at radius 3 is 2.67 bits per heavy atom. The van der Waals surface area contributed by atoms with Gasteiger partial charge in [-0.15, -0.1) is 0 Å². The van der Waals surface area contributed by atoms with Crippen LogP contribution >= 0.6 is 0 Å². The van der Waals surface area contributed by atoms with Crippen molar-refractivity contribution in [1.82, 2.24) is 4.98 Å². The number of nitrogens with two attached hydrogens (primary N) is 1. The molecular formula is C12H15N3. The molecule has 1 aromatic heterocycles. The summed E-state index contributed by atoms with van der Waals surface area (Å²) in [5, 5.41) is 1.06. The third kappa shape index (κ3) is 1.78. The van der Waals surface area contributed by atoms with E-state index in [0.717, 1.165) is 22.3 Å². The molecule has 78 valence electrons. The van der Waals surface area contributed by atoms with Crippen LogP contribution in [0, 0.1) is 0 Å². The molecule has 0 saturated heterocycles. The molecular weight excluding hydrogens is 186 g/mol. The van der Waals surface area contributed by atoms with Crippen LogP contribution in [0.2, 0.25) is 0 Å². The molecule has 15 heavy (non-hydrogen) atoms. The van der Waals surface area contributed by atoms with Crippen molar-refractivity contribution >= 4 is 16.6 Å². The van der Waals surface area contributed by atoms with Gasteiger partial charge in [-0.25, -0.2) is 0 Å². The van der Waals surface area contributed by atoms with E-state index in [2.05, 4.69) is 24.3 Å². The Bertz CT molecular complexity index is 477. The highest BCUT2D eigenvalue weighted by Crippen LogP contribution is 2.25. The van der Waals surface area contributed by atoms with Crippen molar-refractivity contribution in [1.29, 1.82) is 0 Å². The normalized spacial score (nSPS) is 10.9. The highest BCUT2D eigenvalue weighted by atomic mass is 15.2. The fourth-order valence-electron chi connectivity index (χ4n) is 1.61. The number of hydrogen-bond donors (Lipinski definition) is 2. The van der Waals surface area contributed by atoms with Crippen molar-refractivity contribution in [3.05, 3.63) is 36.0 Å². The Morgan fingerprint density at radius 1 is 1.27 bits per heavy atom. The number of pyridine rings is 1. The zero-order valence-corrected chi connectivity index (χ0v) is 8.99. The van der Waals surface area contributed by atoms with Gasteiger partial charge in [-0.2, -0.15) is 0 Å². The molecule has 0 amide bonds. The fourth-order valence-corrected chi connectivity index (χ4v) is 1.61. The number of nitrogens with zero attached hydrogens (tertiary/aromatic N) is 1. The van der Waals surface area contributed by atoms with E-state index in [1.54, 1.807) is 0 Å². The van der Waals surface area contributed by atoms with Crippen LogP contribution in [0.5, 0.6) is 0 Å². The first-order chi connectivity index (χ1) is 7.22. The molecule has 0 spiro atoms. The summed E-state index contributed by atoms with van der Waals surface area (Å²) in [6, 6.07) is 10.00. The first-order valence-corrected chi connectivity index (χ1v) is 5.08. The number of aromatic nitrogens is 1. The minimum absolute atomic E-state index is 0.404. The molecule has 0 radical (unpaired) electrons. The van der Waals surface area contributed by atoms with Crippen molar-refractivity contribution in [2.24, 2.45) is 5.84 Å². The maximum absolute atomic E-state index is 5.51. The predicted octanol–water partition coefficient (Wildman–Crippen LogP) is 2.64. The maximum Gasteiger partial charge on any atom is 0.0726 e. The molecule has 3 heteroatoms. The molecule has 3 N–H and O–H groups in total. The lowest BCUT2D eigenvalue weighted by molar-refractivity contribution is 0.830. The number of benzene rings is 1. The van der Waals surface area contributed by atoms with Crippen LogP contribution in [0.1, 0.15) is 25.5 Å². The van der Waals surface area contributed by atoms with E-state index in [4.69, 9.17) is 5.84 Å². The maximum atomic E-state index is 5.51. The van der Waals surface area contributed by atoms with Crippen molar-refractivity contribution in [2.45, 2.75) is 19.8 Å². The Labute approximate surface area is 89.3 Å². The molecule has 0 bridgehead atoms. The second-order valence-electron chi connectivity index (χ2n) is 3.91. The zero-order valence-electron chi connectivity index (χ0n) is 8.99. The average Bonchev–Trinajstić information content (AvgIpc) is 2.27. The first kappa shape index (κ1) is 9.93. The van der Waals surface area contributed by atoms with Crippen LogP contribution < -0.4 is 11.3 Å². The lowest BCUT2D eigenvalue weighted by atomic mass is 10.1. The molecule has 1 aromatic carbocycles. The van der Waals surface area contributed by atoms with Crippen LogP contribution in [0.3, 0.4) is 0 Å². The molecule has 0 saturated carbocycles. The predicted molar refractivity (Wildman–Crippen MR) is 63.6 cm³/mol. The van der Waals surface area contributed by atoms with E-state index in [0.29, 0.717) is 5.92 Å². The third-order valence-corrected chi connectivity index (χ3v) is 2.48. The molecule has 1 heterocycles. The van der Waals surface area contributed by atoms with Crippen LogP contribution in [0.4, 0.5) is 5.69 Å². The summed E-state index contributed by atoms with van der Waals surface area (Å²) in [4.78, 5) is 4.59. The summed E-state index contributed by atoms with van der Waals surface area (Å²) in [6.07, 6.45) is 0. The number of nitrogens with one attached hydrogen (secondary N) is 1. The summed E-state index contributed by atoms with van der Waals surface area (Å²) < 4.78 is 0. The van der Waals surface area contributed by atoms with Crippen molar-refractivity contribution < 1.29 is 0 Å². The molecule has 0 unspecified atom stereocenters. The topological polar surface area (TPSA) is 50.9 Å². The first-order valence-electron chi connectivity index (χ1n) is 5.08. The largest absolute Gasteiger partial charge is 0.323 e. The molecule has 0 aliphatic rings. The summed E-state index contributed by atoms with van der Waals surface area (Å²) in [7, 11) is 0. The Balaban J connectivity index is 2.71. The lowest BCUT2D eigenvalue weighted by Gasteiger charge is -2.10. The molecule has 0 aliphatic heterocycles. The van der Waals surface area contributed by atoms with Crippen LogP contribution in [-0.4, -0.2) is 4.98 Å². The van der Waals surface area contributed by atoms with Crippen LogP contribution in [-0.2, 0) is 0 Å². The van der Waals surface area contributed by atoms with Gasteiger partial charge in [0.15, 0.2) is 0 Å². The monoisotopic (exact) mass is 201 g/mol. The standard InChI is InChI=1S/C12H15N3/c1-8(2)11-7-12(15-13)9-5-3-4-6-10(9)14-11/h3-8H,13H2,1-2H3,(H,14,15). The quantitative estimate of drug-likeness (QED) is 0.580. The second kappa shape index (κ2) is 3.87. The average molecular weight is 201 g/mol. The van der Waals surface area contributed by atoms with Gasteiger partial charge in [-0.1, -0.05) is 32.0 Å². The van der Waals surface area contributed by atoms with Crippen LogP contribution in [0.25, 0.3) is 10.9 Å².